The third kappa shape index (κ3) is 3.25. The van der Waals surface area contributed by atoms with E-state index in [-0.39, 0.29) is 33.9 Å². The molecule has 144 valence electrons. The number of carbonyl (C=O) groups excluding carboxylic acids is 4. The van der Waals surface area contributed by atoms with Crippen LogP contribution >= 0.6 is 0 Å². The summed E-state index contributed by atoms with van der Waals surface area (Å²) in [6.07, 6.45) is 0. The standard InChI is InChI=1S/C19H16N2O7/c1-10(22)20-14-8-11(9-15(26-2)16(14)27-3)19(25)28-21-17(23)12-6-4-5-7-13(12)18(21)24/h4-9H,1-3H3,(H,20,22). The first-order valence-corrected chi connectivity index (χ1v) is 8.11. The lowest BCUT2D eigenvalue weighted by atomic mass is 10.1. The highest BCUT2D eigenvalue weighted by molar-refractivity contribution is 6.21. The van der Waals surface area contributed by atoms with Gasteiger partial charge in [-0.25, -0.2) is 4.79 Å². The van der Waals surface area contributed by atoms with Crippen molar-refractivity contribution in [1.29, 1.82) is 0 Å². The van der Waals surface area contributed by atoms with Crippen LogP contribution in [0.4, 0.5) is 5.69 Å². The first-order valence-electron chi connectivity index (χ1n) is 8.11. The minimum absolute atomic E-state index is 0.0574. The molecule has 0 saturated heterocycles. The van der Waals surface area contributed by atoms with Crippen molar-refractivity contribution in [3.63, 3.8) is 0 Å². The molecular weight excluding hydrogens is 368 g/mol. The zero-order valence-corrected chi connectivity index (χ0v) is 15.3. The molecule has 0 atom stereocenters. The molecule has 0 radical (unpaired) electrons. The van der Waals surface area contributed by atoms with E-state index < -0.39 is 23.7 Å². The summed E-state index contributed by atoms with van der Waals surface area (Å²) in [6, 6.07) is 8.74. The number of anilines is 1. The fourth-order valence-electron chi connectivity index (χ4n) is 2.75. The number of nitrogens with one attached hydrogen (secondary N) is 1. The number of fused-ring (bicyclic) bond motifs is 1. The van der Waals surface area contributed by atoms with Gasteiger partial charge in [0.2, 0.25) is 5.91 Å². The highest BCUT2D eigenvalue weighted by Crippen LogP contribution is 2.37. The number of benzene rings is 2. The topological polar surface area (TPSA) is 111 Å². The molecule has 0 saturated carbocycles. The summed E-state index contributed by atoms with van der Waals surface area (Å²) in [4.78, 5) is 53.7. The zero-order valence-electron chi connectivity index (χ0n) is 15.3. The van der Waals surface area contributed by atoms with Gasteiger partial charge in [0.15, 0.2) is 11.5 Å². The Morgan fingerprint density at radius 2 is 1.57 bits per heavy atom. The van der Waals surface area contributed by atoms with Crippen LogP contribution in [0, 0.1) is 0 Å². The summed E-state index contributed by atoms with van der Waals surface area (Å²) in [5.74, 6) is -2.50. The monoisotopic (exact) mass is 384 g/mol. The molecule has 28 heavy (non-hydrogen) atoms. The van der Waals surface area contributed by atoms with E-state index in [9.17, 15) is 19.2 Å². The van der Waals surface area contributed by atoms with Crippen molar-refractivity contribution in [2.75, 3.05) is 19.5 Å². The van der Waals surface area contributed by atoms with Gasteiger partial charge in [0.25, 0.3) is 11.8 Å². The number of hydroxylamine groups is 2. The van der Waals surface area contributed by atoms with Crippen LogP contribution in [0.2, 0.25) is 0 Å². The lowest BCUT2D eigenvalue weighted by Crippen LogP contribution is -2.32. The summed E-state index contributed by atoms with van der Waals surface area (Å²) in [6.45, 7) is 1.29. The minimum Gasteiger partial charge on any atom is -0.493 e. The molecule has 1 heterocycles. The maximum Gasteiger partial charge on any atom is 0.364 e. The van der Waals surface area contributed by atoms with Crippen LogP contribution in [-0.4, -0.2) is 43.0 Å². The van der Waals surface area contributed by atoms with Gasteiger partial charge >= 0.3 is 5.97 Å². The second kappa shape index (κ2) is 7.39. The molecule has 1 aliphatic rings. The smallest absolute Gasteiger partial charge is 0.364 e. The van der Waals surface area contributed by atoms with Crippen LogP contribution in [0.1, 0.15) is 38.0 Å². The third-order valence-corrected chi connectivity index (χ3v) is 3.96. The normalized spacial score (nSPS) is 12.5. The first kappa shape index (κ1) is 18.9. The van der Waals surface area contributed by atoms with Gasteiger partial charge in [0.1, 0.15) is 0 Å². The molecule has 1 aliphatic heterocycles. The summed E-state index contributed by atoms with van der Waals surface area (Å²) < 4.78 is 10.4. The highest BCUT2D eigenvalue weighted by atomic mass is 16.7. The van der Waals surface area contributed by atoms with Crippen molar-refractivity contribution in [2.24, 2.45) is 0 Å². The van der Waals surface area contributed by atoms with Crippen LogP contribution in [-0.2, 0) is 9.63 Å². The molecule has 2 aromatic carbocycles. The van der Waals surface area contributed by atoms with E-state index in [0.29, 0.717) is 5.06 Å². The lowest BCUT2D eigenvalue weighted by molar-refractivity contribution is -0.114. The Labute approximate surface area is 159 Å². The van der Waals surface area contributed by atoms with Crippen LogP contribution in [0.15, 0.2) is 36.4 Å². The van der Waals surface area contributed by atoms with Crippen molar-refractivity contribution in [3.8, 4) is 11.5 Å². The molecule has 0 unspecified atom stereocenters. The maximum absolute atomic E-state index is 12.6. The summed E-state index contributed by atoms with van der Waals surface area (Å²) in [5, 5.41) is 2.93. The number of carbonyl (C=O) groups is 4. The number of rotatable bonds is 5. The molecular formula is C19H16N2O7. The molecule has 3 rings (SSSR count). The molecule has 0 bridgehead atoms. The van der Waals surface area contributed by atoms with E-state index in [1.54, 1.807) is 12.1 Å². The quantitative estimate of drug-likeness (QED) is 0.785. The second-order valence-electron chi connectivity index (χ2n) is 5.77. The third-order valence-electron chi connectivity index (χ3n) is 3.96. The van der Waals surface area contributed by atoms with Crippen molar-refractivity contribution in [2.45, 2.75) is 6.92 Å². The largest absolute Gasteiger partial charge is 0.493 e. The SMILES string of the molecule is COc1cc(C(=O)ON2C(=O)c3ccccc3C2=O)cc(NC(C)=O)c1OC. The maximum atomic E-state index is 12.6. The number of imide groups is 1. The van der Waals surface area contributed by atoms with E-state index in [1.807, 2.05) is 0 Å². The molecule has 0 spiro atoms. The van der Waals surface area contributed by atoms with Gasteiger partial charge in [0.05, 0.1) is 36.6 Å². The van der Waals surface area contributed by atoms with E-state index in [1.165, 1.54) is 45.4 Å². The fourth-order valence-corrected chi connectivity index (χ4v) is 2.75. The Morgan fingerprint density at radius 1 is 0.964 bits per heavy atom. The zero-order chi connectivity index (χ0) is 20.4. The number of hydrogen-bond donors (Lipinski definition) is 1. The van der Waals surface area contributed by atoms with Gasteiger partial charge in [0, 0.05) is 6.92 Å². The average Bonchev–Trinajstić information content (AvgIpc) is 2.92. The number of nitrogens with zero attached hydrogens (tertiary/aromatic N) is 1. The Balaban J connectivity index is 1.92. The van der Waals surface area contributed by atoms with Crippen molar-refractivity contribution in [1.82, 2.24) is 5.06 Å². The Kier molecular flexibility index (Phi) is 4.99. The first-order chi connectivity index (χ1) is 13.4. The molecule has 0 fully saturated rings. The average molecular weight is 384 g/mol. The molecule has 0 aliphatic carbocycles. The van der Waals surface area contributed by atoms with E-state index in [4.69, 9.17) is 14.3 Å². The summed E-state index contributed by atoms with van der Waals surface area (Å²) in [7, 11) is 2.73. The van der Waals surface area contributed by atoms with Crippen LogP contribution in [0.3, 0.4) is 0 Å². The number of amides is 3. The molecule has 2 aromatic rings. The molecule has 9 nitrogen and oxygen atoms in total. The molecule has 3 amide bonds. The molecule has 9 heteroatoms. The van der Waals surface area contributed by atoms with Gasteiger partial charge in [-0.05, 0) is 24.3 Å². The van der Waals surface area contributed by atoms with Gasteiger partial charge in [-0.1, -0.05) is 17.2 Å². The van der Waals surface area contributed by atoms with Crippen molar-refractivity contribution < 1.29 is 33.5 Å². The summed E-state index contributed by atoms with van der Waals surface area (Å²) >= 11 is 0. The van der Waals surface area contributed by atoms with E-state index in [2.05, 4.69) is 5.32 Å². The summed E-state index contributed by atoms with van der Waals surface area (Å²) in [5.41, 5.74) is 0.403. The van der Waals surface area contributed by atoms with Crippen LogP contribution < -0.4 is 14.8 Å². The van der Waals surface area contributed by atoms with E-state index >= 15 is 0 Å². The van der Waals surface area contributed by atoms with Crippen LogP contribution in [0.25, 0.3) is 0 Å². The van der Waals surface area contributed by atoms with Gasteiger partial charge < -0.3 is 19.6 Å². The van der Waals surface area contributed by atoms with E-state index in [0.717, 1.165) is 0 Å². The highest BCUT2D eigenvalue weighted by Gasteiger charge is 2.39. The van der Waals surface area contributed by atoms with Crippen molar-refractivity contribution >= 4 is 29.4 Å². The molecule has 1 N–H and O–H groups in total. The van der Waals surface area contributed by atoms with Crippen LogP contribution in [0.5, 0.6) is 11.5 Å². The predicted molar refractivity (Wildman–Crippen MR) is 96.2 cm³/mol. The lowest BCUT2D eigenvalue weighted by Gasteiger charge is -2.16. The van der Waals surface area contributed by atoms with Gasteiger partial charge in [-0.2, -0.15) is 0 Å². The Bertz CT molecular complexity index is 965. The molecule has 0 aromatic heterocycles. The minimum atomic E-state index is -0.984. The van der Waals surface area contributed by atoms with Gasteiger partial charge in [-0.3, -0.25) is 14.4 Å². The van der Waals surface area contributed by atoms with Gasteiger partial charge in [-0.15, -0.1) is 0 Å². The van der Waals surface area contributed by atoms with Crippen molar-refractivity contribution in [3.05, 3.63) is 53.1 Å². The Hall–Kier alpha value is -3.88. The Morgan fingerprint density at radius 3 is 2.07 bits per heavy atom. The predicted octanol–water partition coefficient (Wildman–Crippen LogP) is 2.03. The second-order valence-corrected chi connectivity index (χ2v) is 5.77. The number of methoxy groups -OCH3 is 2. The fraction of sp³-hybridized carbons (Fsp3) is 0.158. The number of hydrogen-bond acceptors (Lipinski definition) is 7. The number of ether oxygens (including phenoxy) is 2.